The fraction of sp³-hybridized carbons (Fsp3) is 0.118. The van der Waals surface area contributed by atoms with Gasteiger partial charge in [-0.1, -0.05) is 0 Å². The Balaban J connectivity index is 1.74. The quantitative estimate of drug-likeness (QED) is 0.708. The molecule has 0 aliphatic heterocycles. The Labute approximate surface area is 135 Å². The molecule has 112 valence electrons. The molecule has 4 nitrogen and oxygen atoms in total. The second-order valence-electron chi connectivity index (χ2n) is 4.62. The molecule has 2 aromatic carbocycles. The average Bonchev–Trinajstić information content (AvgIpc) is 3.04. The first-order valence-electron chi connectivity index (χ1n) is 6.79. The molecule has 3 rings (SSSR count). The van der Waals surface area contributed by atoms with Crippen LogP contribution < -0.4 is 14.8 Å². The van der Waals surface area contributed by atoms with E-state index in [1.165, 1.54) is 0 Å². The molecule has 0 spiro atoms. The summed E-state index contributed by atoms with van der Waals surface area (Å²) in [6, 6.07) is 15.8. The Morgan fingerprint density at radius 3 is 2.05 bits per heavy atom. The minimum atomic E-state index is 0.217. The van der Waals surface area contributed by atoms with Gasteiger partial charge in [0.15, 0.2) is 0 Å². The molecule has 0 amide bonds. The summed E-state index contributed by atoms with van der Waals surface area (Å²) in [6.45, 7) is 0. The van der Waals surface area contributed by atoms with Gasteiger partial charge in [0.1, 0.15) is 0 Å². The molecule has 1 N–H and O–H groups in total. The Bertz CT molecular complexity index is 736. The molecule has 3 aromatic rings. The van der Waals surface area contributed by atoms with Crippen molar-refractivity contribution in [3.05, 3.63) is 53.5 Å². The van der Waals surface area contributed by atoms with E-state index in [1.54, 1.807) is 14.2 Å². The second-order valence-corrected chi connectivity index (χ2v) is 6.42. The Morgan fingerprint density at radius 2 is 1.45 bits per heavy atom. The van der Waals surface area contributed by atoms with Gasteiger partial charge in [-0.05, 0) is 0 Å². The van der Waals surface area contributed by atoms with Gasteiger partial charge in [-0.15, -0.1) is 0 Å². The molecule has 0 unspecified atom stereocenters. The number of anilines is 2. The van der Waals surface area contributed by atoms with Crippen LogP contribution in [0.2, 0.25) is 0 Å². The number of benzene rings is 2. The van der Waals surface area contributed by atoms with Crippen molar-refractivity contribution in [2.24, 2.45) is 0 Å². The number of nitrogens with one attached hydrogen (secondary N) is 1. The van der Waals surface area contributed by atoms with E-state index in [1.807, 2.05) is 48.5 Å². The molecule has 0 aliphatic rings. The van der Waals surface area contributed by atoms with Crippen LogP contribution >= 0.6 is 0 Å². The topological polar surface area (TPSA) is 43.4 Å². The fourth-order valence-corrected chi connectivity index (χ4v) is 3.58. The van der Waals surface area contributed by atoms with Gasteiger partial charge in [-0.25, -0.2) is 0 Å². The summed E-state index contributed by atoms with van der Waals surface area (Å²) in [5, 5.41) is 3.36. The zero-order valence-corrected chi connectivity index (χ0v) is 14.1. The summed E-state index contributed by atoms with van der Waals surface area (Å²) < 4.78 is 11.3. The van der Waals surface area contributed by atoms with Crippen LogP contribution in [0, 0.1) is 0 Å². The van der Waals surface area contributed by atoms with Crippen molar-refractivity contribution in [2.45, 2.75) is 0 Å². The third-order valence-electron chi connectivity index (χ3n) is 3.23. The number of aromatic nitrogens is 1. The van der Waals surface area contributed by atoms with E-state index in [2.05, 4.69) is 15.2 Å². The summed E-state index contributed by atoms with van der Waals surface area (Å²) in [5.74, 6) is 1.70. The van der Waals surface area contributed by atoms with Gasteiger partial charge < -0.3 is 0 Å². The molecule has 22 heavy (non-hydrogen) atoms. The molecule has 0 fully saturated rings. The molecule has 0 atom stereocenters. The molecule has 5 heteroatoms. The SMILES string of the molecule is COc1ccc(Nc2nc(-c3ccc(OC)cc3)c[se]2)cc1. The first kappa shape index (κ1) is 14.7. The van der Waals surface area contributed by atoms with Gasteiger partial charge in [-0.2, -0.15) is 0 Å². The monoisotopic (exact) mass is 360 g/mol. The van der Waals surface area contributed by atoms with E-state index < -0.39 is 0 Å². The summed E-state index contributed by atoms with van der Waals surface area (Å²) in [4.78, 5) is 6.86. The van der Waals surface area contributed by atoms with Gasteiger partial charge in [0.25, 0.3) is 0 Å². The number of methoxy groups -OCH3 is 2. The zero-order chi connectivity index (χ0) is 15.4. The standard InChI is InChI=1S/C17H16N2O2Se/c1-20-14-7-3-12(4-8-14)16-11-22-17(19-16)18-13-5-9-15(21-2)10-6-13/h3-11H,1-2H3,(H,18,19). The van der Waals surface area contributed by atoms with Crippen LogP contribution in [-0.2, 0) is 0 Å². The summed E-state index contributed by atoms with van der Waals surface area (Å²) in [5.41, 5.74) is 3.14. The van der Waals surface area contributed by atoms with Crippen molar-refractivity contribution in [2.75, 3.05) is 19.5 Å². The van der Waals surface area contributed by atoms with Crippen LogP contribution in [0.5, 0.6) is 11.5 Å². The molecule has 0 radical (unpaired) electrons. The van der Waals surface area contributed by atoms with E-state index in [0.29, 0.717) is 0 Å². The van der Waals surface area contributed by atoms with Crippen LogP contribution in [0.25, 0.3) is 11.3 Å². The normalized spacial score (nSPS) is 10.3. The van der Waals surface area contributed by atoms with Crippen LogP contribution in [0.1, 0.15) is 0 Å². The third kappa shape index (κ3) is 3.32. The predicted octanol–water partition coefficient (Wildman–Crippen LogP) is 3.57. The summed E-state index contributed by atoms with van der Waals surface area (Å²) in [7, 11) is 3.33. The molecule has 0 saturated carbocycles. The Morgan fingerprint density at radius 1 is 0.864 bits per heavy atom. The van der Waals surface area contributed by atoms with Gasteiger partial charge in [0.05, 0.1) is 0 Å². The number of hydrogen-bond donors (Lipinski definition) is 1. The summed E-state index contributed by atoms with van der Waals surface area (Å²) in [6.07, 6.45) is 0. The maximum absolute atomic E-state index is 5.18. The van der Waals surface area contributed by atoms with Crippen molar-refractivity contribution < 1.29 is 9.47 Å². The van der Waals surface area contributed by atoms with Gasteiger partial charge in [0.2, 0.25) is 0 Å². The van der Waals surface area contributed by atoms with Crippen molar-refractivity contribution in [1.82, 2.24) is 4.98 Å². The fourth-order valence-electron chi connectivity index (χ4n) is 2.02. The van der Waals surface area contributed by atoms with Crippen molar-refractivity contribution in [3.63, 3.8) is 0 Å². The molecular weight excluding hydrogens is 343 g/mol. The van der Waals surface area contributed by atoms with Crippen LogP contribution in [0.3, 0.4) is 0 Å². The van der Waals surface area contributed by atoms with E-state index in [-0.39, 0.29) is 14.5 Å². The van der Waals surface area contributed by atoms with Gasteiger partial charge in [0, 0.05) is 0 Å². The predicted molar refractivity (Wildman–Crippen MR) is 89.4 cm³/mol. The van der Waals surface area contributed by atoms with E-state index in [0.717, 1.165) is 33.1 Å². The Kier molecular flexibility index (Phi) is 4.47. The molecule has 1 heterocycles. The van der Waals surface area contributed by atoms with Crippen molar-refractivity contribution >= 4 is 24.9 Å². The van der Waals surface area contributed by atoms with Crippen LogP contribution in [0.15, 0.2) is 53.5 Å². The number of nitrogens with zero attached hydrogens (tertiary/aromatic N) is 1. The first-order chi connectivity index (χ1) is 10.8. The number of rotatable bonds is 5. The molecule has 0 aliphatic carbocycles. The minimum absolute atomic E-state index is 0.217. The molecule has 0 saturated heterocycles. The number of ether oxygens (including phenoxy) is 2. The van der Waals surface area contributed by atoms with Crippen molar-refractivity contribution in [3.8, 4) is 22.8 Å². The van der Waals surface area contributed by atoms with E-state index >= 15 is 0 Å². The van der Waals surface area contributed by atoms with E-state index in [4.69, 9.17) is 9.47 Å². The van der Waals surface area contributed by atoms with Gasteiger partial charge >= 0.3 is 135 Å². The van der Waals surface area contributed by atoms with E-state index in [9.17, 15) is 0 Å². The zero-order valence-electron chi connectivity index (χ0n) is 12.4. The molecule has 1 aromatic heterocycles. The maximum atomic E-state index is 5.18. The Hall–Kier alpha value is -2.23. The average molecular weight is 359 g/mol. The molecule has 0 bridgehead atoms. The van der Waals surface area contributed by atoms with Crippen LogP contribution in [-0.4, -0.2) is 33.7 Å². The second kappa shape index (κ2) is 6.69. The summed E-state index contributed by atoms with van der Waals surface area (Å²) >= 11 is 0.217. The van der Waals surface area contributed by atoms with Crippen LogP contribution in [0.4, 0.5) is 10.4 Å². The molecular formula is C17H16N2O2Se. The van der Waals surface area contributed by atoms with Crippen molar-refractivity contribution in [1.29, 1.82) is 0 Å². The number of hydrogen-bond acceptors (Lipinski definition) is 4. The first-order valence-corrected chi connectivity index (χ1v) is 8.64. The third-order valence-corrected chi connectivity index (χ3v) is 4.82. The van der Waals surface area contributed by atoms with Gasteiger partial charge in [-0.3, -0.25) is 0 Å².